The summed E-state index contributed by atoms with van der Waals surface area (Å²) in [7, 11) is 1.67. The topological polar surface area (TPSA) is 29.5 Å². The monoisotopic (exact) mass is 299 g/mol. The number of nitrogens with zero attached hydrogens (tertiary/aromatic N) is 1. The second kappa shape index (κ2) is 7.52. The molecule has 1 saturated heterocycles. The molecule has 1 heterocycles. The van der Waals surface area contributed by atoms with Gasteiger partial charge in [-0.3, -0.25) is 9.69 Å². The highest BCUT2D eigenvalue weighted by atomic mass is 16.5. The van der Waals surface area contributed by atoms with Gasteiger partial charge in [-0.1, -0.05) is 49.4 Å². The predicted octanol–water partition coefficient (Wildman–Crippen LogP) is 3.39. The zero-order valence-electron chi connectivity index (χ0n) is 13.4. The van der Waals surface area contributed by atoms with Crippen molar-refractivity contribution in [3.63, 3.8) is 0 Å². The van der Waals surface area contributed by atoms with E-state index in [0.29, 0.717) is 6.42 Å². The molecule has 118 valence electrons. The molecule has 1 aromatic rings. The molecule has 1 aromatic carbocycles. The van der Waals surface area contributed by atoms with Gasteiger partial charge in [-0.25, -0.2) is 0 Å². The fourth-order valence-corrected chi connectivity index (χ4v) is 3.41. The van der Waals surface area contributed by atoms with Crippen molar-refractivity contribution in [2.75, 3.05) is 13.7 Å². The third kappa shape index (κ3) is 3.21. The van der Waals surface area contributed by atoms with Gasteiger partial charge >= 0.3 is 0 Å². The molecule has 1 aliphatic rings. The van der Waals surface area contributed by atoms with Gasteiger partial charge in [0.05, 0.1) is 6.10 Å². The van der Waals surface area contributed by atoms with E-state index in [1.165, 1.54) is 0 Å². The maximum absolute atomic E-state index is 12.5. The Morgan fingerprint density at radius 1 is 1.36 bits per heavy atom. The highest BCUT2D eigenvalue weighted by Gasteiger charge is 2.43. The molecular formula is C19H25NO2. The minimum Gasteiger partial charge on any atom is -0.376 e. The Hall–Kier alpha value is -1.71. The first-order chi connectivity index (χ1) is 10.6. The van der Waals surface area contributed by atoms with E-state index in [9.17, 15) is 4.79 Å². The Labute approximate surface area is 133 Å². The number of carbonyl (C=O) groups excluding carboxylic acids is 1. The van der Waals surface area contributed by atoms with Gasteiger partial charge < -0.3 is 4.74 Å². The van der Waals surface area contributed by atoms with Gasteiger partial charge in [-0.2, -0.15) is 0 Å². The van der Waals surface area contributed by atoms with E-state index in [-0.39, 0.29) is 29.9 Å². The number of hydrogen-bond acceptors (Lipinski definition) is 3. The van der Waals surface area contributed by atoms with Gasteiger partial charge in [0.1, 0.15) is 5.78 Å². The Morgan fingerprint density at radius 3 is 2.59 bits per heavy atom. The molecule has 22 heavy (non-hydrogen) atoms. The summed E-state index contributed by atoms with van der Waals surface area (Å²) >= 11 is 0. The van der Waals surface area contributed by atoms with Crippen LogP contribution in [0.5, 0.6) is 0 Å². The van der Waals surface area contributed by atoms with Gasteiger partial charge in [-0.15, -0.1) is 13.2 Å². The first-order valence-corrected chi connectivity index (χ1v) is 7.73. The smallest absolute Gasteiger partial charge is 0.139 e. The Bertz CT molecular complexity index is 523. The van der Waals surface area contributed by atoms with Crippen LogP contribution in [0.1, 0.15) is 24.9 Å². The summed E-state index contributed by atoms with van der Waals surface area (Å²) in [6.45, 7) is 10.5. The minimum absolute atomic E-state index is 0.0213. The van der Waals surface area contributed by atoms with E-state index in [2.05, 4.69) is 30.2 Å². The minimum atomic E-state index is -0.176. The van der Waals surface area contributed by atoms with E-state index >= 15 is 0 Å². The van der Waals surface area contributed by atoms with Crippen molar-refractivity contribution in [1.82, 2.24) is 4.90 Å². The Morgan fingerprint density at radius 2 is 2.05 bits per heavy atom. The second-order valence-corrected chi connectivity index (χ2v) is 5.80. The first kappa shape index (κ1) is 16.7. The third-order valence-corrected chi connectivity index (χ3v) is 4.56. The van der Waals surface area contributed by atoms with Crippen molar-refractivity contribution in [2.24, 2.45) is 5.92 Å². The van der Waals surface area contributed by atoms with Gasteiger partial charge in [-0.05, 0) is 5.56 Å². The molecule has 0 aliphatic carbocycles. The molecule has 0 N–H and O–H groups in total. The summed E-state index contributed by atoms with van der Waals surface area (Å²) in [6, 6.07) is 10.2. The van der Waals surface area contributed by atoms with Crippen molar-refractivity contribution in [1.29, 1.82) is 0 Å². The van der Waals surface area contributed by atoms with Crippen molar-refractivity contribution in [2.45, 2.75) is 31.5 Å². The number of Topliss-reactive ketones (excluding diaryl/α,β-unsaturated/α-hetero) is 1. The van der Waals surface area contributed by atoms with Crippen LogP contribution in [-0.4, -0.2) is 36.5 Å². The van der Waals surface area contributed by atoms with Crippen LogP contribution < -0.4 is 0 Å². The normalized spacial score (nSPS) is 27.4. The van der Waals surface area contributed by atoms with Gasteiger partial charge in [0.25, 0.3) is 0 Å². The molecule has 0 aromatic heterocycles. The lowest BCUT2D eigenvalue weighted by Crippen LogP contribution is -2.55. The molecule has 3 nitrogen and oxygen atoms in total. The van der Waals surface area contributed by atoms with Crippen LogP contribution in [0.3, 0.4) is 0 Å². The molecule has 2 rings (SSSR count). The molecule has 0 bridgehead atoms. The fourth-order valence-electron chi connectivity index (χ4n) is 3.41. The highest BCUT2D eigenvalue weighted by Crippen LogP contribution is 2.37. The molecule has 3 heteroatoms. The molecule has 0 radical (unpaired) electrons. The van der Waals surface area contributed by atoms with Crippen LogP contribution in [0.15, 0.2) is 55.6 Å². The van der Waals surface area contributed by atoms with E-state index < -0.39 is 0 Å². The number of methoxy groups -OCH3 is 1. The molecular weight excluding hydrogens is 274 g/mol. The summed E-state index contributed by atoms with van der Waals surface area (Å²) in [4.78, 5) is 14.9. The zero-order chi connectivity index (χ0) is 16.1. The maximum Gasteiger partial charge on any atom is 0.139 e. The number of ether oxygens (including phenoxy) is 1. The number of benzene rings is 1. The summed E-state index contributed by atoms with van der Waals surface area (Å²) in [5.41, 5.74) is 1.16. The Kier molecular flexibility index (Phi) is 5.69. The molecule has 1 aliphatic heterocycles. The van der Waals surface area contributed by atoms with Crippen LogP contribution >= 0.6 is 0 Å². The van der Waals surface area contributed by atoms with E-state index in [1.807, 2.05) is 31.2 Å². The Balaban J connectivity index is 2.42. The van der Waals surface area contributed by atoms with E-state index in [4.69, 9.17) is 4.74 Å². The standard InChI is InChI=1S/C19H25NO2/c1-5-12-20-16(15-10-8-7-9-11-15)13-17(21)14(3)19(20)18(6-2)22-4/h5-11,14,16,18-19H,1-2,12-13H2,3-4H3/t14-,16+,18+,19-/m1/s1. The largest absolute Gasteiger partial charge is 0.376 e. The van der Waals surface area contributed by atoms with Gasteiger partial charge in [0, 0.05) is 38.1 Å². The number of ketones is 1. The lowest BCUT2D eigenvalue weighted by molar-refractivity contribution is -0.134. The van der Waals surface area contributed by atoms with Crippen molar-refractivity contribution in [3.05, 3.63) is 61.2 Å². The van der Waals surface area contributed by atoms with Gasteiger partial charge in [0.15, 0.2) is 0 Å². The molecule has 0 unspecified atom stereocenters. The second-order valence-electron chi connectivity index (χ2n) is 5.80. The van der Waals surface area contributed by atoms with Gasteiger partial charge in [0.2, 0.25) is 0 Å². The number of likely N-dealkylation sites (tertiary alicyclic amines) is 1. The van der Waals surface area contributed by atoms with Crippen LogP contribution in [0.25, 0.3) is 0 Å². The number of rotatable bonds is 6. The zero-order valence-corrected chi connectivity index (χ0v) is 13.4. The summed E-state index contributed by atoms with van der Waals surface area (Å²) < 4.78 is 5.57. The lowest BCUT2D eigenvalue weighted by Gasteiger charge is -2.46. The number of carbonyl (C=O) groups is 1. The maximum atomic E-state index is 12.5. The predicted molar refractivity (Wildman–Crippen MR) is 89.7 cm³/mol. The van der Waals surface area contributed by atoms with Crippen LogP contribution in [0, 0.1) is 5.92 Å². The van der Waals surface area contributed by atoms with Crippen LogP contribution in [0.4, 0.5) is 0 Å². The summed E-state index contributed by atoms with van der Waals surface area (Å²) in [6.07, 6.45) is 4.04. The van der Waals surface area contributed by atoms with Crippen LogP contribution in [-0.2, 0) is 9.53 Å². The summed E-state index contributed by atoms with van der Waals surface area (Å²) in [5.74, 6) is 0.200. The van der Waals surface area contributed by atoms with Crippen molar-refractivity contribution >= 4 is 5.78 Å². The third-order valence-electron chi connectivity index (χ3n) is 4.56. The van der Waals surface area contributed by atoms with Crippen LogP contribution in [0.2, 0.25) is 0 Å². The van der Waals surface area contributed by atoms with Crippen molar-refractivity contribution < 1.29 is 9.53 Å². The first-order valence-electron chi connectivity index (χ1n) is 7.73. The quantitative estimate of drug-likeness (QED) is 0.754. The fraction of sp³-hybridized carbons (Fsp3) is 0.421. The molecule has 1 fully saturated rings. The summed E-state index contributed by atoms with van der Waals surface area (Å²) in [5, 5.41) is 0. The number of hydrogen-bond donors (Lipinski definition) is 0. The molecule has 0 amide bonds. The molecule has 4 atom stereocenters. The SMILES string of the molecule is C=CCN1[C@@H]([C@H](C=C)OC)[C@H](C)C(=O)C[C@H]1c1ccccc1. The molecule has 0 saturated carbocycles. The lowest BCUT2D eigenvalue weighted by atomic mass is 9.80. The van der Waals surface area contributed by atoms with E-state index in [0.717, 1.165) is 12.1 Å². The van der Waals surface area contributed by atoms with E-state index in [1.54, 1.807) is 13.2 Å². The average Bonchev–Trinajstić information content (AvgIpc) is 2.55. The highest BCUT2D eigenvalue weighted by molar-refractivity contribution is 5.83. The van der Waals surface area contributed by atoms with Crippen molar-refractivity contribution in [3.8, 4) is 0 Å². The average molecular weight is 299 g/mol. The number of piperidine rings is 1. The molecule has 0 spiro atoms.